The summed E-state index contributed by atoms with van der Waals surface area (Å²) < 4.78 is 5.82. The number of aryl methyl sites for hydroxylation is 1. The van der Waals surface area contributed by atoms with Gasteiger partial charge in [0.05, 0.1) is 30.5 Å². The highest BCUT2D eigenvalue weighted by Gasteiger charge is 2.33. The van der Waals surface area contributed by atoms with Gasteiger partial charge in [0, 0.05) is 12.7 Å². The van der Waals surface area contributed by atoms with Crippen LogP contribution in [0.5, 0.6) is 0 Å². The molecule has 1 aromatic heterocycles. The lowest BCUT2D eigenvalue weighted by Gasteiger charge is -2.40. The van der Waals surface area contributed by atoms with Crippen LogP contribution in [0.25, 0.3) is 0 Å². The van der Waals surface area contributed by atoms with Gasteiger partial charge in [0.15, 0.2) is 0 Å². The normalized spacial score (nSPS) is 23.0. The molecule has 128 valence electrons. The Morgan fingerprint density at radius 3 is 2.87 bits per heavy atom. The Balaban J connectivity index is 2.11. The Hall–Kier alpha value is -1.62. The number of nitrogens with zero attached hydrogens (tertiary/aromatic N) is 2. The molecule has 0 bridgehead atoms. The van der Waals surface area contributed by atoms with Crippen molar-refractivity contribution < 1.29 is 9.53 Å². The lowest BCUT2D eigenvalue weighted by molar-refractivity contribution is -0.0875. The highest BCUT2D eigenvalue weighted by atomic mass is 16.5. The molecule has 2 amide bonds. The number of rotatable bonds is 4. The first-order valence-electron chi connectivity index (χ1n) is 8.47. The number of hydrogen-bond acceptors (Lipinski definition) is 3. The van der Waals surface area contributed by atoms with E-state index in [4.69, 9.17) is 4.74 Å². The van der Waals surface area contributed by atoms with E-state index in [1.54, 1.807) is 6.20 Å². The largest absolute Gasteiger partial charge is 0.372 e. The molecule has 1 aliphatic rings. The maximum absolute atomic E-state index is 12.7. The number of carbonyl (C=O) groups is 1. The molecule has 0 radical (unpaired) electrons. The maximum atomic E-state index is 12.7. The Kier molecular flexibility index (Phi) is 5.63. The third-order valence-electron chi connectivity index (χ3n) is 4.66. The highest BCUT2D eigenvalue weighted by Crippen LogP contribution is 2.25. The van der Waals surface area contributed by atoms with Gasteiger partial charge in [0.2, 0.25) is 0 Å². The second kappa shape index (κ2) is 7.30. The van der Waals surface area contributed by atoms with Gasteiger partial charge >= 0.3 is 6.03 Å². The van der Waals surface area contributed by atoms with Crippen LogP contribution in [0.3, 0.4) is 0 Å². The van der Waals surface area contributed by atoms with Crippen molar-refractivity contribution in [2.75, 3.05) is 19.7 Å². The fourth-order valence-electron chi connectivity index (χ4n) is 2.92. The van der Waals surface area contributed by atoms with E-state index >= 15 is 0 Å². The fraction of sp³-hybridized carbons (Fsp3) is 0.667. The number of amides is 2. The Labute approximate surface area is 139 Å². The quantitative estimate of drug-likeness (QED) is 0.926. The van der Waals surface area contributed by atoms with E-state index in [2.05, 4.69) is 38.0 Å². The smallest absolute Gasteiger partial charge is 0.318 e. The minimum atomic E-state index is -0.246. The molecule has 5 heteroatoms. The predicted molar refractivity (Wildman–Crippen MR) is 91.3 cm³/mol. The number of aromatic nitrogens is 1. The molecule has 2 heterocycles. The summed E-state index contributed by atoms with van der Waals surface area (Å²) in [5.74, 6) is 0.270. The van der Waals surface area contributed by atoms with Crippen molar-refractivity contribution in [2.24, 2.45) is 5.92 Å². The van der Waals surface area contributed by atoms with Crippen LogP contribution in [0, 0.1) is 12.8 Å². The third-order valence-corrected chi connectivity index (χ3v) is 4.66. The summed E-state index contributed by atoms with van der Waals surface area (Å²) in [6.45, 7) is 12.3. The van der Waals surface area contributed by atoms with Crippen molar-refractivity contribution in [3.8, 4) is 0 Å². The van der Waals surface area contributed by atoms with Gasteiger partial charge in [-0.15, -0.1) is 0 Å². The van der Waals surface area contributed by atoms with E-state index in [-0.39, 0.29) is 23.6 Å². The average Bonchev–Trinajstić information content (AvgIpc) is 2.53. The summed E-state index contributed by atoms with van der Waals surface area (Å²) in [6, 6.07) is 3.84. The number of morpholine rings is 1. The van der Waals surface area contributed by atoms with Crippen LogP contribution in [0.1, 0.15) is 51.4 Å². The topological polar surface area (TPSA) is 54.5 Å². The summed E-state index contributed by atoms with van der Waals surface area (Å²) in [5.41, 5.74) is 1.80. The molecule has 2 atom stereocenters. The lowest BCUT2D eigenvalue weighted by Crippen LogP contribution is -2.55. The standard InChI is InChI=1S/C18H29N3O2/c1-6-18(5)12-21(10-11-23-18)17(22)20-15(13(2)3)16-14(4)8-7-9-19-16/h7-9,13,15H,6,10-12H2,1-5H3,(H,20,22)/t15-,18-/m0/s1. The average molecular weight is 319 g/mol. The second-order valence-electron chi connectivity index (χ2n) is 6.95. The van der Waals surface area contributed by atoms with E-state index < -0.39 is 0 Å². The van der Waals surface area contributed by atoms with Crippen LogP contribution in [0.4, 0.5) is 4.79 Å². The van der Waals surface area contributed by atoms with Gasteiger partial charge in [0.25, 0.3) is 0 Å². The molecule has 1 saturated heterocycles. The molecule has 0 unspecified atom stereocenters. The molecule has 2 rings (SSSR count). The van der Waals surface area contributed by atoms with E-state index in [1.807, 2.05) is 24.0 Å². The minimum absolute atomic E-state index is 0.0308. The minimum Gasteiger partial charge on any atom is -0.372 e. The molecular formula is C18H29N3O2. The molecular weight excluding hydrogens is 290 g/mol. The molecule has 0 aromatic carbocycles. The first-order valence-corrected chi connectivity index (χ1v) is 8.47. The number of pyridine rings is 1. The number of nitrogens with one attached hydrogen (secondary N) is 1. The van der Waals surface area contributed by atoms with Crippen molar-refractivity contribution in [2.45, 2.75) is 52.7 Å². The van der Waals surface area contributed by atoms with Crippen LogP contribution in [0.15, 0.2) is 18.3 Å². The molecule has 1 aromatic rings. The number of ether oxygens (including phenoxy) is 1. The predicted octanol–water partition coefficient (Wildman–Crippen LogP) is 3.30. The maximum Gasteiger partial charge on any atom is 0.318 e. The van der Waals surface area contributed by atoms with E-state index in [0.29, 0.717) is 19.7 Å². The molecule has 1 N–H and O–H groups in total. The molecule has 5 nitrogen and oxygen atoms in total. The highest BCUT2D eigenvalue weighted by molar-refractivity contribution is 5.75. The van der Waals surface area contributed by atoms with E-state index in [1.165, 1.54) is 0 Å². The first-order chi connectivity index (χ1) is 10.9. The van der Waals surface area contributed by atoms with Crippen molar-refractivity contribution in [1.29, 1.82) is 0 Å². The van der Waals surface area contributed by atoms with Crippen molar-refractivity contribution >= 4 is 6.03 Å². The molecule has 0 saturated carbocycles. The number of carbonyl (C=O) groups excluding carboxylic acids is 1. The summed E-state index contributed by atoms with van der Waals surface area (Å²) in [6.07, 6.45) is 2.68. The fourth-order valence-corrected chi connectivity index (χ4v) is 2.92. The molecule has 1 aliphatic heterocycles. The zero-order valence-electron chi connectivity index (χ0n) is 14.9. The van der Waals surface area contributed by atoms with Crippen molar-refractivity contribution in [1.82, 2.24) is 15.2 Å². The zero-order valence-corrected chi connectivity index (χ0v) is 14.9. The zero-order chi connectivity index (χ0) is 17.0. The van der Waals surface area contributed by atoms with Gasteiger partial charge < -0.3 is 15.0 Å². The molecule has 23 heavy (non-hydrogen) atoms. The van der Waals surface area contributed by atoms with E-state index in [0.717, 1.165) is 17.7 Å². The summed E-state index contributed by atoms with van der Waals surface area (Å²) in [7, 11) is 0. The van der Waals surface area contributed by atoms with Gasteiger partial charge in [-0.3, -0.25) is 4.98 Å². The van der Waals surface area contributed by atoms with Gasteiger partial charge in [-0.1, -0.05) is 26.8 Å². The van der Waals surface area contributed by atoms with Crippen LogP contribution in [-0.4, -0.2) is 41.2 Å². The second-order valence-corrected chi connectivity index (χ2v) is 6.95. The first kappa shape index (κ1) is 17.7. The molecule has 1 fully saturated rings. The monoisotopic (exact) mass is 319 g/mol. The molecule has 0 spiro atoms. The van der Waals surface area contributed by atoms with Gasteiger partial charge in [-0.2, -0.15) is 0 Å². The van der Waals surface area contributed by atoms with E-state index in [9.17, 15) is 4.79 Å². The Morgan fingerprint density at radius 1 is 1.52 bits per heavy atom. The van der Waals surface area contributed by atoms with Gasteiger partial charge in [0.1, 0.15) is 0 Å². The van der Waals surface area contributed by atoms with Crippen molar-refractivity contribution in [3.63, 3.8) is 0 Å². The Bertz CT molecular complexity index is 547. The van der Waals surface area contributed by atoms with Gasteiger partial charge in [-0.25, -0.2) is 4.79 Å². The van der Waals surface area contributed by atoms with Crippen molar-refractivity contribution in [3.05, 3.63) is 29.6 Å². The SMILES string of the molecule is CC[C@@]1(C)CN(C(=O)N[C@H](c2ncccc2C)C(C)C)CCO1. The third kappa shape index (κ3) is 4.22. The van der Waals surface area contributed by atoms with Crippen LogP contribution < -0.4 is 5.32 Å². The Morgan fingerprint density at radius 2 is 2.26 bits per heavy atom. The lowest BCUT2D eigenvalue weighted by atomic mass is 9.97. The summed E-state index contributed by atoms with van der Waals surface area (Å²) >= 11 is 0. The van der Waals surface area contributed by atoms with Crippen LogP contribution in [0.2, 0.25) is 0 Å². The molecule has 0 aliphatic carbocycles. The number of hydrogen-bond donors (Lipinski definition) is 1. The van der Waals surface area contributed by atoms with Crippen LogP contribution >= 0.6 is 0 Å². The van der Waals surface area contributed by atoms with Crippen LogP contribution in [-0.2, 0) is 4.74 Å². The summed E-state index contributed by atoms with van der Waals surface area (Å²) in [4.78, 5) is 19.1. The van der Waals surface area contributed by atoms with Gasteiger partial charge in [-0.05, 0) is 37.8 Å². The number of urea groups is 1. The summed E-state index contributed by atoms with van der Waals surface area (Å²) in [5, 5.41) is 3.17.